The largest absolute Gasteiger partial charge is 0.451 e. The average molecular weight is 538 g/mol. The van der Waals surface area contributed by atoms with E-state index in [1.807, 2.05) is 12.3 Å². The lowest BCUT2D eigenvalue weighted by Crippen LogP contribution is -2.21. The number of nitrogens with zero attached hydrogens (tertiary/aromatic N) is 1. The molecule has 4 atom stereocenters. The second-order valence-corrected chi connectivity index (χ2v) is 14.5. The third kappa shape index (κ3) is 11.1. The van der Waals surface area contributed by atoms with Crippen LogP contribution in [0.3, 0.4) is 0 Å². The first-order valence-electron chi connectivity index (χ1n) is 16.0. The summed E-state index contributed by atoms with van der Waals surface area (Å²) in [6.45, 7) is 9.46. The number of rotatable bonds is 20. The average Bonchev–Trinajstić information content (AvgIpc) is 3.33. The molecule has 4 unspecified atom stereocenters. The van der Waals surface area contributed by atoms with Crippen LogP contribution in [0.2, 0.25) is 5.54 Å². The maximum absolute atomic E-state index is 6.28. The van der Waals surface area contributed by atoms with Gasteiger partial charge in [-0.1, -0.05) is 110 Å². The van der Waals surface area contributed by atoms with Gasteiger partial charge in [0.25, 0.3) is 0 Å². The maximum atomic E-state index is 6.28. The Kier molecular flexibility index (Phi) is 14.3. The van der Waals surface area contributed by atoms with E-state index in [-0.39, 0.29) is 15.8 Å². The zero-order valence-electron chi connectivity index (χ0n) is 24.9. The highest BCUT2D eigenvalue weighted by Gasteiger charge is 2.25. The van der Waals surface area contributed by atoms with Crippen LogP contribution in [-0.4, -0.2) is 20.8 Å². The summed E-state index contributed by atoms with van der Waals surface area (Å²) in [5.41, 5.74) is 2.22. The molecule has 0 N–H and O–H groups in total. The minimum Gasteiger partial charge on any atom is -0.451 e. The second-order valence-electron chi connectivity index (χ2n) is 12.0. The molecule has 0 amide bonds. The molecule has 0 bridgehead atoms. The maximum Gasteiger partial charge on any atom is 0.241 e. The van der Waals surface area contributed by atoms with Crippen molar-refractivity contribution in [2.24, 2.45) is 5.92 Å². The van der Waals surface area contributed by atoms with Crippen LogP contribution in [0.4, 0.5) is 0 Å². The molecule has 0 radical (unpaired) electrons. The van der Waals surface area contributed by atoms with E-state index in [4.69, 9.17) is 9.47 Å². The van der Waals surface area contributed by atoms with Crippen molar-refractivity contribution in [1.82, 2.24) is 4.98 Å². The predicted molar refractivity (Wildman–Crippen MR) is 166 cm³/mol. The minimum atomic E-state index is -0.340. The summed E-state index contributed by atoms with van der Waals surface area (Å²) in [6.07, 6.45) is 21.2. The molecule has 1 aliphatic heterocycles. The third-order valence-electron chi connectivity index (χ3n) is 8.34. The van der Waals surface area contributed by atoms with Gasteiger partial charge in [0, 0.05) is 17.9 Å². The Labute approximate surface area is 236 Å². The molecule has 0 spiro atoms. The van der Waals surface area contributed by atoms with Gasteiger partial charge in [0.2, 0.25) is 6.29 Å². The highest BCUT2D eigenvalue weighted by atomic mass is 28.2. The van der Waals surface area contributed by atoms with Gasteiger partial charge in [-0.05, 0) is 66.5 Å². The van der Waals surface area contributed by atoms with E-state index in [0.717, 1.165) is 29.4 Å². The van der Waals surface area contributed by atoms with E-state index in [1.54, 1.807) is 0 Å². The van der Waals surface area contributed by atoms with Crippen LogP contribution >= 0.6 is 0 Å². The highest BCUT2D eigenvalue weighted by Crippen LogP contribution is 2.40. The summed E-state index contributed by atoms with van der Waals surface area (Å²) < 4.78 is 12.4. The van der Waals surface area contributed by atoms with Crippen LogP contribution in [0.15, 0.2) is 42.6 Å². The van der Waals surface area contributed by atoms with Gasteiger partial charge in [-0.15, -0.1) is 0 Å². The molecule has 2 aromatic rings. The Hall–Kier alpha value is -1.81. The van der Waals surface area contributed by atoms with Gasteiger partial charge >= 0.3 is 0 Å². The van der Waals surface area contributed by atoms with Crippen molar-refractivity contribution in [3.8, 4) is 11.5 Å². The zero-order valence-corrected chi connectivity index (χ0v) is 26.3. The number of fused-ring (bicyclic) bond motifs is 1. The SMILES string of the molecule is CCCCCCCC1Oc2ccc(C(CCCC(C)CCCCC)CCC(C)[SiH2]c3ccccn3)cc2O1. The molecule has 0 saturated carbocycles. The summed E-state index contributed by atoms with van der Waals surface area (Å²) in [4.78, 5) is 4.62. The Bertz CT molecular complexity index is 889. The molecule has 3 rings (SSSR count). The quantitative estimate of drug-likeness (QED) is 0.125. The first-order valence-corrected chi connectivity index (χ1v) is 17.5. The molecule has 0 aliphatic carbocycles. The molecular weight excluding hydrogens is 482 g/mol. The van der Waals surface area contributed by atoms with Gasteiger partial charge in [-0.25, -0.2) is 0 Å². The zero-order chi connectivity index (χ0) is 27.0. The number of hydrogen-bond acceptors (Lipinski definition) is 3. The summed E-state index contributed by atoms with van der Waals surface area (Å²) in [7, 11) is -0.340. The Morgan fingerprint density at radius 2 is 1.53 bits per heavy atom. The van der Waals surface area contributed by atoms with Gasteiger partial charge < -0.3 is 9.47 Å². The predicted octanol–water partition coefficient (Wildman–Crippen LogP) is 9.09. The van der Waals surface area contributed by atoms with Gasteiger partial charge in [-0.3, -0.25) is 4.98 Å². The Morgan fingerprint density at radius 3 is 2.32 bits per heavy atom. The number of pyridine rings is 1. The van der Waals surface area contributed by atoms with Crippen molar-refractivity contribution < 1.29 is 9.47 Å². The third-order valence-corrected chi connectivity index (χ3v) is 10.3. The van der Waals surface area contributed by atoms with Crippen LogP contribution in [0, 0.1) is 5.92 Å². The summed E-state index contributed by atoms with van der Waals surface area (Å²) in [5.74, 6) is 3.34. The van der Waals surface area contributed by atoms with Gasteiger partial charge in [0.05, 0.1) is 9.52 Å². The van der Waals surface area contributed by atoms with Crippen LogP contribution in [0.1, 0.15) is 135 Å². The molecule has 1 aromatic heterocycles. The number of aromatic nitrogens is 1. The number of benzene rings is 1. The number of ether oxygens (including phenoxy) is 2. The summed E-state index contributed by atoms with van der Waals surface area (Å²) in [5, 5.41) is 1.35. The van der Waals surface area contributed by atoms with Crippen molar-refractivity contribution in [2.75, 3.05) is 0 Å². The van der Waals surface area contributed by atoms with Crippen LogP contribution < -0.4 is 14.8 Å². The molecule has 4 heteroatoms. The molecule has 3 nitrogen and oxygen atoms in total. The molecule has 0 saturated heterocycles. The standard InChI is InChI=1S/C34H55NO2Si/c1-5-7-9-10-12-20-34-36-31-24-23-30(26-32(31)37-34)29(18-15-17-27(3)16-11-8-6-2)22-21-28(4)38-33-19-13-14-25-35-33/h13-14,19,23-29,34H,5-12,15-18,20-22,38H2,1-4H3. The van der Waals surface area contributed by atoms with Gasteiger partial charge in [-0.2, -0.15) is 0 Å². The van der Waals surface area contributed by atoms with Crippen molar-refractivity contribution in [3.05, 3.63) is 48.2 Å². The number of hydrogen-bond donors (Lipinski definition) is 0. The molecule has 1 aliphatic rings. The fraction of sp³-hybridized carbons (Fsp3) is 0.676. The van der Waals surface area contributed by atoms with Crippen molar-refractivity contribution in [2.45, 2.75) is 142 Å². The first kappa shape index (κ1) is 30.7. The van der Waals surface area contributed by atoms with E-state index in [9.17, 15) is 0 Å². The summed E-state index contributed by atoms with van der Waals surface area (Å²) >= 11 is 0. The van der Waals surface area contributed by atoms with Gasteiger partial charge in [0.15, 0.2) is 11.5 Å². The van der Waals surface area contributed by atoms with Gasteiger partial charge in [0.1, 0.15) is 0 Å². The lowest BCUT2D eigenvalue weighted by atomic mass is 9.87. The lowest BCUT2D eigenvalue weighted by Gasteiger charge is -2.21. The Balaban J connectivity index is 1.56. The molecule has 0 fully saturated rings. The van der Waals surface area contributed by atoms with Crippen molar-refractivity contribution in [3.63, 3.8) is 0 Å². The monoisotopic (exact) mass is 537 g/mol. The fourth-order valence-corrected chi connectivity index (χ4v) is 7.49. The molecule has 1 aromatic carbocycles. The fourth-order valence-electron chi connectivity index (χ4n) is 5.85. The smallest absolute Gasteiger partial charge is 0.241 e. The highest BCUT2D eigenvalue weighted by molar-refractivity contribution is 6.53. The molecule has 2 heterocycles. The first-order chi connectivity index (χ1) is 18.6. The van der Waals surface area contributed by atoms with E-state index in [2.05, 4.69) is 63.0 Å². The minimum absolute atomic E-state index is 0.103. The summed E-state index contributed by atoms with van der Waals surface area (Å²) in [6, 6.07) is 13.2. The van der Waals surface area contributed by atoms with E-state index in [1.165, 1.54) is 101 Å². The van der Waals surface area contributed by atoms with E-state index >= 15 is 0 Å². The van der Waals surface area contributed by atoms with Crippen LogP contribution in [0.5, 0.6) is 11.5 Å². The molecule has 38 heavy (non-hydrogen) atoms. The van der Waals surface area contributed by atoms with Crippen LogP contribution in [-0.2, 0) is 0 Å². The molecule has 212 valence electrons. The second kappa shape index (κ2) is 17.7. The normalized spacial score (nSPS) is 17.2. The van der Waals surface area contributed by atoms with E-state index < -0.39 is 0 Å². The Morgan fingerprint density at radius 1 is 0.763 bits per heavy atom. The number of unbranched alkanes of at least 4 members (excludes halogenated alkanes) is 6. The molecular formula is C34H55NO2Si. The van der Waals surface area contributed by atoms with Crippen molar-refractivity contribution >= 4 is 14.8 Å². The topological polar surface area (TPSA) is 31.4 Å². The van der Waals surface area contributed by atoms with Crippen molar-refractivity contribution in [1.29, 1.82) is 0 Å². The van der Waals surface area contributed by atoms with E-state index in [0.29, 0.717) is 5.92 Å². The lowest BCUT2D eigenvalue weighted by molar-refractivity contribution is 0.0395. The van der Waals surface area contributed by atoms with Crippen LogP contribution in [0.25, 0.3) is 0 Å².